The van der Waals surface area contributed by atoms with Crippen molar-refractivity contribution in [2.75, 3.05) is 19.7 Å². The Morgan fingerprint density at radius 1 is 1.29 bits per heavy atom. The van der Waals surface area contributed by atoms with Crippen molar-refractivity contribution in [2.24, 2.45) is 0 Å². The molecular formula is C17H26N2O2. The Kier molecular flexibility index (Phi) is 6.54. The Morgan fingerprint density at radius 3 is 2.95 bits per heavy atom. The predicted octanol–water partition coefficient (Wildman–Crippen LogP) is 3.18. The maximum absolute atomic E-state index is 11.4. The number of carbonyl (C=O) groups is 1. The van der Waals surface area contributed by atoms with Crippen LogP contribution in [0.2, 0.25) is 0 Å². The molecule has 1 aliphatic rings. The third-order valence-electron chi connectivity index (χ3n) is 3.78. The zero-order chi connectivity index (χ0) is 14.9. The number of aryl methyl sites for hydroxylation is 1. The fraction of sp³-hybridized carbons (Fsp3) is 0.588. The Bertz CT molecular complexity index is 448. The highest BCUT2D eigenvalue weighted by atomic mass is 16.5. The van der Waals surface area contributed by atoms with Crippen LogP contribution in [0.25, 0.3) is 0 Å². The molecule has 2 amide bonds. The van der Waals surface area contributed by atoms with E-state index in [0.29, 0.717) is 13.2 Å². The minimum atomic E-state index is -0.0835. The van der Waals surface area contributed by atoms with Gasteiger partial charge in [0.05, 0.1) is 6.10 Å². The molecule has 21 heavy (non-hydrogen) atoms. The van der Waals surface area contributed by atoms with Gasteiger partial charge in [-0.25, -0.2) is 4.79 Å². The average molecular weight is 290 g/mol. The summed E-state index contributed by atoms with van der Waals surface area (Å²) in [7, 11) is 0. The second-order valence-corrected chi connectivity index (χ2v) is 5.49. The van der Waals surface area contributed by atoms with Crippen molar-refractivity contribution in [3.05, 3.63) is 35.4 Å². The lowest BCUT2D eigenvalue weighted by Gasteiger charge is -2.25. The largest absolute Gasteiger partial charge is 0.373 e. The monoisotopic (exact) mass is 290 g/mol. The zero-order valence-corrected chi connectivity index (χ0v) is 12.9. The maximum Gasteiger partial charge on any atom is 0.314 e. The van der Waals surface area contributed by atoms with Gasteiger partial charge in [-0.2, -0.15) is 0 Å². The number of nitrogens with one attached hydrogen (secondary N) is 2. The van der Waals surface area contributed by atoms with E-state index in [1.54, 1.807) is 0 Å². The number of ether oxygens (including phenoxy) is 1. The van der Waals surface area contributed by atoms with Crippen molar-refractivity contribution in [1.82, 2.24) is 10.6 Å². The number of amides is 2. The Balaban J connectivity index is 1.65. The highest BCUT2D eigenvalue weighted by molar-refractivity contribution is 5.73. The van der Waals surface area contributed by atoms with E-state index in [1.807, 2.05) is 6.92 Å². The van der Waals surface area contributed by atoms with Crippen LogP contribution in [0.4, 0.5) is 4.79 Å². The molecule has 0 spiro atoms. The molecule has 4 heteroatoms. The van der Waals surface area contributed by atoms with Crippen LogP contribution in [0.1, 0.15) is 49.8 Å². The summed E-state index contributed by atoms with van der Waals surface area (Å²) in [5.41, 5.74) is 2.77. The van der Waals surface area contributed by atoms with E-state index in [2.05, 4.69) is 34.9 Å². The molecule has 0 bridgehead atoms. The van der Waals surface area contributed by atoms with Crippen LogP contribution in [0.15, 0.2) is 24.3 Å². The fourth-order valence-electron chi connectivity index (χ4n) is 2.68. The first kappa shape index (κ1) is 15.8. The van der Waals surface area contributed by atoms with Gasteiger partial charge in [-0.05, 0) is 43.2 Å². The summed E-state index contributed by atoms with van der Waals surface area (Å²) in [6.07, 6.45) is 5.48. The molecule has 1 aromatic carbocycles. The van der Waals surface area contributed by atoms with Gasteiger partial charge in [0.2, 0.25) is 0 Å². The van der Waals surface area contributed by atoms with Gasteiger partial charge in [0, 0.05) is 19.7 Å². The molecular weight excluding hydrogens is 264 g/mol. The Labute approximate surface area is 127 Å². The van der Waals surface area contributed by atoms with Gasteiger partial charge in [-0.3, -0.25) is 0 Å². The van der Waals surface area contributed by atoms with E-state index in [-0.39, 0.29) is 12.1 Å². The quantitative estimate of drug-likeness (QED) is 0.758. The average Bonchev–Trinajstić information content (AvgIpc) is 2.52. The van der Waals surface area contributed by atoms with Gasteiger partial charge >= 0.3 is 6.03 Å². The first-order valence-corrected chi connectivity index (χ1v) is 8.02. The highest BCUT2D eigenvalue weighted by Crippen LogP contribution is 2.32. The number of hydrogen-bond donors (Lipinski definition) is 2. The van der Waals surface area contributed by atoms with Crippen molar-refractivity contribution >= 4 is 6.03 Å². The normalized spacial score (nSPS) is 17.1. The van der Waals surface area contributed by atoms with Crippen LogP contribution in [0.5, 0.6) is 0 Å². The molecule has 4 nitrogen and oxygen atoms in total. The molecule has 116 valence electrons. The van der Waals surface area contributed by atoms with Crippen molar-refractivity contribution in [3.8, 4) is 0 Å². The van der Waals surface area contributed by atoms with Crippen LogP contribution in [-0.4, -0.2) is 25.7 Å². The summed E-state index contributed by atoms with van der Waals surface area (Å²) in [5.74, 6) is 0. The minimum absolute atomic E-state index is 0.0835. The summed E-state index contributed by atoms with van der Waals surface area (Å²) >= 11 is 0. The molecule has 0 aromatic heterocycles. The molecule has 0 saturated carbocycles. The second kappa shape index (κ2) is 8.67. The summed E-state index contributed by atoms with van der Waals surface area (Å²) in [6, 6.07) is 8.47. The SMILES string of the molecule is CCCNC(=O)NCCCOC1CCCc2ccccc21. The summed E-state index contributed by atoms with van der Waals surface area (Å²) in [4.78, 5) is 11.4. The van der Waals surface area contributed by atoms with Gasteiger partial charge in [-0.1, -0.05) is 31.2 Å². The van der Waals surface area contributed by atoms with Gasteiger partial charge in [0.25, 0.3) is 0 Å². The summed E-state index contributed by atoms with van der Waals surface area (Å²) in [6.45, 7) is 4.11. The lowest BCUT2D eigenvalue weighted by molar-refractivity contribution is 0.0396. The van der Waals surface area contributed by atoms with Crippen molar-refractivity contribution in [3.63, 3.8) is 0 Å². The van der Waals surface area contributed by atoms with Crippen molar-refractivity contribution < 1.29 is 9.53 Å². The molecule has 2 rings (SSSR count). The van der Waals surface area contributed by atoms with E-state index >= 15 is 0 Å². The number of carbonyl (C=O) groups excluding carboxylic acids is 1. The third-order valence-corrected chi connectivity index (χ3v) is 3.78. The van der Waals surface area contributed by atoms with Crippen molar-refractivity contribution in [1.29, 1.82) is 0 Å². The molecule has 0 heterocycles. The molecule has 1 unspecified atom stereocenters. The highest BCUT2D eigenvalue weighted by Gasteiger charge is 2.19. The van der Waals surface area contributed by atoms with E-state index in [4.69, 9.17) is 4.74 Å². The molecule has 0 radical (unpaired) electrons. The number of rotatable bonds is 7. The zero-order valence-electron chi connectivity index (χ0n) is 12.9. The molecule has 0 saturated heterocycles. The van der Waals surface area contributed by atoms with E-state index in [9.17, 15) is 4.79 Å². The van der Waals surface area contributed by atoms with Crippen molar-refractivity contribution in [2.45, 2.75) is 45.1 Å². The van der Waals surface area contributed by atoms with E-state index in [0.717, 1.165) is 32.2 Å². The molecule has 0 fully saturated rings. The van der Waals surface area contributed by atoms with Crippen LogP contribution < -0.4 is 10.6 Å². The topological polar surface area (TPSA) is 50.4 Å². The molecule has 0 aliphatic heterocycles. The predicted molar refractivity (Wildman–Crippen MR) is 84.4 cm³/mol. The van der Waals surface area contributed by atoms with E-state index < -0.39 is 0 Å². The van der Waals surface area contributed by atoms with Crippen LogP contribution >= 0.6 is 0 Å². The lowest BCUT2D eigenvalue weighted by atomic mass is 9.89. The molecule has 1 aromatic rings. The maximum atomic E-state index is 11.4. The van der Waals surface area contributed by atoms with Crippen LogP contribution in [0.3, 0.4) is 0 Å². The first-order valence-electron chi connectivity index (χ1n) is 8.02. The van der Waals surface area contributed by atoms with Gasteiger partial charge in [0.1, 0.15) is 0 Å². The smallest absolute Gasteiger partial charge is 0.314 e. The molecule has 2 N–H and O–H groups in total. The van der Waals surface area contributed by atoms with Crippen LogP contribution in [0, 0.1) is 0 Å². The van der Waals surface area contributed by atoms with Gasteiger partial charge in [-0.15, -0.1) is 0 Å². The summed E-state index contributed by atoms with van der Waals surface area (Å²) in [5, 5.41) is 5.64. The van der Waals surface area contributed by atoms with E-state index in [1.165, 1.54) is 17.5 Å². The molecule has 1 aliphatic carbocycles. The third kappa shape index (κ3) is 5.05. The van der Waals surface area contributed by atoms with Gasteiger partial charge < -0.3 is 15.4 Å². The number of urea groups is 1. The number of hydrogen-bond acceptors (Lipinski definition) is 2. The molecule has 1 atom stereocenters. The fourth-order valence-corrected chi connectivity index (χ4v) is 2.68. The van der Waals surface area contributed by atoms with Crippen LogP contribution in [-0.2, 0) is 11.2 Å². The number of benzene rings is 1. The Morgan fingerprint density at radius 2 is 2.10 bits per heavy atom. The standard InChI is InChI=1S/C17H26N2O2/c1-2-11-18-17(20)19-12-6-13-21-16-10-5-8-14-7-3-4-9-15(14)16/h3-4,7,9,16H,2,5-6,8,10-13H2,1H3,(H2,18,19,20). The van der Waals surface area contributed by atoms with Gasteiger partial charge in [0.15, 0.2) is 0 Å². The minimum Gasteiger partial charge on any atom is -0.373 e. The number of fused-ring (bicyclic) bond motifs is 1. The Hall–Kier alpha value is -1.55. The second-order valence-electron chi connectivity index (χ2n) is 5.49. The first-order chi connectivity index (χ1) is 10.3. The summed E-state index contributed by atoms with van der Waals surface area (Å²) < 4.78 is 6.00. The lowest BCUT2D eigenvalue weighted by Crippen LogP contribution is -2.36.